The average molecular weight is 234 g/mol. The molecule has 0 saturated heterocycles. The van der Waals surface area contributed by atoms with E-state index < -0.39 is 0 Å². The van der Waals surface area contributed by atoms with Gasteiger partial charge in [0.2, 0.25) is 0 Å². The predicted octanol–water partition coefficient (Wildman–Crippen LogP) is 2.51. The Hall–Kier alpha value is -0.0900. The van der Waals surface area contributed by atoms with E-state index in [9.17, 15) is 0 Å². The van der Waals surface area contributed by atoms with Crippen LogP contribution in [0.2, 0.25) is 5.02 Å². The van der Waals surface area contributed by atoms with Crippen molar-refractivity contribution in [3.63, 3.8) is 0 Å². The maximum atomic E-state index is 9.09. The Morgan fingerprint density at radius 2 is 2.29 bits per heavy atom. The molecule has 1 rings (SSSR count). The zero-order chi connectivity index (χ0) is 10.6. The molecular formula is C10H16ClNOS. The monoisotopic (exact) mass is 233 g/mol. The fourth-order valence-electron chi connectivity index (χ4n) is 1.19. The third kappa shape index (κ3) is 3.58. The molecule has 80 valence electrons. The van der Waals surface area contributed by atoms with E-state index >= 15 is 0 Å². The normalized spacial score (nSPS) is 13.5. The summed E-state index contributed by atoms with van der Waals surface area (Å²) in [7, 11) is 0. The second kappa shape index (κ2) is 5.71. The number of aliphatic hydroxyl groups excluding tert-OH is 1. The van der Waals surface area contributed by atoms with E-state index in [1.807, 2.05) is 11.4 Å². The van der Waals surface area contributed by atoms with Crippen LogP contribution in [0.4, 0.5) is 0 Å². The Bertz CT molecular complexity index is 275. The second-order valence-corrected chi connectivity index (χ2v) is 5.08. The first-order chi connectivity index (χ1) is 6.63. The molecule has 1 heterocycles. The van der Waals surface area contributed by atoms with E-state index in [2.05, 4.69) is 19.2 Å². The first kappa shape index (κ1) is 12.0. The molecule has 2 nitrogen and oxygen atoms in total. The number of rotatable bonds is 5. The Morgan fingerprint density at radius 1 is 1.57 bits per heavy atom. The number of aliphatic hydroxyl groups is 1. The summed E-state index contributed by atoms with van der Waals surface area (Å²) in [6.07, 6.45) is 0. The van der Waals surface area contributed by atoms with Gasteiger partial charge in [0.15, 0.2) is 0 Å². The summed E-state index contributed by atoms with van der Waals surface area (Å²) in [5.74, 6) is 0.440. The fraction of sp³-hybridized carbons (Fsp3) is 0.600. The van der Waals surface area contributed by atoms with Crippen molar-refractivity contribution >= 4 is 22.9 Å². The number of hydrogen-bond acceptors (Lipinski definition) is 3. The minimum absolute atomic E-state index is 0.163. The minimum Gasteiger partial charge on any atom is -0.395 e. The first-order valence-corrected chi connectivity index (χ1v) is 5.96. The van der Waals surface area contributed by atoms with Gasteiger partial charge in [-0.25, -0.2) is 0 Å². The third-order valence-electron chi connectivity index (χ3n) is 2.16. The molecule has 1 atom stereocenters. The van der Waals surface area contributed by atoms with Crippen molar-refractivity contribution < 1.29 is 5.11 Å². The highest BCUT2D eigenvalue weighted by atomic mass is 35.5. The second-order valence-electron chi connectivity index (χ2n) is 3.65. The summed E-state index contributed by atoms with van der Waals surface area (Å²) in [6, 6.07) is 2.12. The molecule has 0 fully saturated rings. The van der Waals surface area contributed by atoms with Crippen LogP contribution >= 0.6 is 22.9 Å². The smallest absolute Gasteiger partial charge is 0.0587 e. The van der Waals surface area contributed by atoms with Crippen molar-refractivity contribution in [2.75, 3.05) is 6.61 Å². The highest BCUT2D eigenvalue weighted by Gasteiger charge is 2.11. The molecule has 0 spiro atoms. The Balaban J connectivity index is 2.39. The van der Waals surface area contributed by atoms with Crippen LogP contribution in [0.15, 0.2) is 11.4 Å². The average Bonchev–Trinajstić information content (AvgIpc) is 2.52. The van der Waals surface area contributed by atoms with Crippen molar-refractivity contribution in [3.05, 3.63) is 21.3 Å². The molecule has 2 N–H and O–H groups in total. The summed E-state index contributed by atoms with van der Waals surface area (Å²) in [5, 5.41) is 15.1. The van der Waals surface area contributed by atoms with Gasteiger partial charge < -0.3 is 10.4 Å². The number of halogens is 1. The Morgan fingerprint density at radius 3 is 2.71 bits per heavy atom. The lowest BCUT2D eigenvalue weighted by atomic mass is 10.1. The van der Waals surface area contributed by atoms with Crippen molar-refractivity contribution in [2.24, 2.45) is 5.92 Å². The summed E-state index contributed by atoms with van der Waals surface area (Å²) in [5.41, 5.74) is 0. The molecule has 0 aliphatic carbocycles. The van der Waals surface area contributed by atoms with Gasteiger partial charge in [0.25, 0.3) is 0 Å². The SMILES string of the molecule is CC(C)[C@@H](CO)NCc1cc(Cl)cs1. The molecule has 0 aliphatic rings. The number of thiophene rings is 1. The van der Waals surface area contributed by atoms with Gasteiger partial charge in [0.1, 0.15) is 0 Å². The van der Waals surface area contributed by atoms with Crippen LogP contribution < -0.4 is 5.32 Å². The molecule has 0 bridgehead atoms. The van der Waals surface area contributed by atoms with Gasteiger partial charge in [0.05, 0.1) is 11.6 Å². The molecule has 0 aliphatic heterocycles. The number of hydrogen-bond donors (Lipinski definition) is 2. The van der Waals surface area contributed by atoms with Gasteiger partial charge in [-0.3, -0.25) is 0 Å². The first-order valence-electron chi connectivity index (χ1n) is 4.70. The van der Waals surface area contributed by atoms with Crippen molar-refractivity contribution in [1.29, 1.82) is 0 Å². The van der Waals surface area contributed by atoms with Crippen molar-refractivity contribution in [2.45, 2.75) is 26.4 Å². The van der Waals surface area contributed by atoms with Crippen LogP contribution in [-0.4, -0.2) is 17.8 Å². The molecule has 0 radical (unpaired) electrons. The maximum absolute atomic E-state index is 9.09. The lowest BCUT2D eigenvalue weighted by Crippen LogP contribution is -2.36. The van der Waals surface area contributed by atoms with E-state index in [0.29, 0.717) is 5.92 Å². The molecule has 1 aromatic heterocycles. The Labute approximate surface area is 93.9 Å². The standard InChI is InChI=1S/C10H16ClNOS/c1-7(2)10(5-13)12-4-9-3-8(11)6-14-9/h3,6-7,10,12-13H,4-5H2,1-2H3/t10-/m1/s1. The fourth-order valence-corrected chi connectivity index (χ4v) is 2.21. The summed E-state index contributed by atoms with van der Waals surface area (Å²) in [6.45, 7) is 5.14. The third-order valence-corrected chi connectivity index (χ3v) is 3.45. The van der Waals surface area contributed by atoms with Gasteiger partial charge in [-0.2, -0.15) is 0 Å². The summed E-state index contributed by atoms with van der Waals surface area (Å²) < 4.78 is 0. The van der Waals surface area contributed by atoms with Gasteiger partial charge in [-0.15, -0.1) is 11.3 Å². The highest BCUT2D eigenvalue weighted by Crippen LogP contribution is 2.19. The zero-order valence-corrected chi connectivity index (χ0v) is 10.0. The largest absolute Gasteiger partial charge is 0.395 e. The van der Waals surface area contributed by atoms with Crippen LogP contribution in [0.5, 0.6) is 0 Å². The summed E-state index contributed by atoms with van der Waals surface area (Å²) >= 11 is 7.44. The molecule has 0 saturated carbocycles. The van der Waals surface area contributed by atoms with Crippen molar-refractivity contribution in [1.82, 2.24) is 5.32 Å². The lowest BCUT2D eigenvalue weighted by Gasteiger charge is -2.19. The molecule has 0 aromatic carbocycles. The predicted molar refractivity (Wildman–Crippen MR) is 61.9 cm³/mol. The molecule has 14 heavy (non-hydrogen) atoms. The highest BCUT2D eigenvalue weighted by molar-refractivity contribution is 7.10. The van der Waals surface area contributed by atoms with Crippen LogP contribution in [0.1, 0.15) is 18.7 Å². The van der Waals surface area contributed by atoms with Crippen LogP contribution in [0, 0.1) is 5.92 Å². The van der Waals surface area contributed by atoms with Crippen LogP contribution in [0.3, 0.4) is 0 Å². The Kier molecular flexibility index (Phi) is 4.89. The molecule has 1 aromatic rings. The van der Waals surface area contributed by atoms with E-state index in [0.717, 1.165) is 11.6 Å². The molecule has 0 amide bonds. The summed E-state index contributed by atoms with van der Waals surface area (Å²) in [4.78, 5) is 1.20. The van der Waals surface area contributed by atoms with E-state index in [-0.39, 0.29) is 12.6 Å². The van der Waals surface area contributed by atoms with Gasteiger partial charge in [-0.05, 0) is 12.0 Å². The quantitative estimate of drug-likeness (QED) is 0.819. The minimum atomic E-state index is 0.163. The van der Waals surface area contributed by atoms with Crippen molar-refractivity contribution in [3.8, 4) is 0 Å². The maximum Gasteiger partial charge on any atom is 0.0587 e. The van der Waals surface area contributed by atoms with E-state index in [1.54, 1.807) is 11.3 Å². The molecule has 4 heteroatoms. The molecule has 0 unspecified atom stereocenters. The van der Waals surface area contributed by atoms with Gasteiger partial charge >= 0.3 is 0 Å². The topological polar surface area (TPSA) is 32.3 Å². The molecular weight excluding hydrogens is 218 g/mol. The zero-order valence-electron chi connectivity index (χ0n) is 8.46. The van der Waals surface area contributed by atoms with E-state index in [1.165, 1.54) is 4.88 Å². The van der Waals surface area contributed by atoms with Gasteiger partial charge in [0, 0.05) is 22.8 Å². The lowest BCUT2D eigenvalue weighted by molar-refractivity contribution is 0.210. The number of nitrogens with one attached hydrogen (secondary N) is 1. The van der Waals surface area contributed by atoms with Crippen LogP contribution in [-0.2, 0) is 6.54 Å². The van der Waals surface area contributed by atoms with E-state index in [4.69, 9.17) is 16.7 Å². The van der Waals surface area contributed by atoms with Crippen LogP contribution in [0.25, 0.3) is 0 Å². The van der Waals surface area contributed by atoms with Gasteiger partial charge in [-0.1, -0.05) is 25.4 Å².